The van der Waals surface area contributed by atoms with Gasteiger partial charge in [0.05, 0.1) is 18.2 Å². The van der Waals surface area contributed by atoms with Gasteiger partial charge in [-0.1, -0.05) is 56.5 Å². The first-order chi connectivity index (χ1) is 21.3. The van der Waals surface area contributed by atoms with Crippen LogP contribution in [-0.2, 0) is 19.7 Å². The number of nitrogens with zero attached hydrogens (tertiary/aromatic N) is 4. The highest BCUT2D eigenvalue weighted by Crippen LogP contribution is 2.61. The van der Waals surface area contributed by atoms with E-state index in [0.29, 0.717) is 75.3 Å². The van der Waals surface area contributed by atoms with Gasteiger partial charge in [0.15, 0.2) is 5.82 Å². The third-order valence-electron chi connectivity index (χ3n) is 9.47. The second-order valence-electron chi connectivity index (χ2n) is 12.4. The minimum absolute atomic E-state index is 0.109. The lowest BCUT2D eigenvalue weighted by Gasteiger charge is -2.36. The van der Waals surface area contributed by atoms with E-state index in [1.165, 1.54) is 0 Å². The van der Waals surface area contributed by atoms with Crippen LogP contribution in [0.1, 0.15) is 55.2 Å². The SMILES string of the molecule is CCCCOC(=O)N1CCN(C(=O)[C@H](CC2CC2)NC(=O)c2cc(C34CNCC3C4C(=O)O)nc(-c3ccccc3)n2)CC1. The van der Waals surface area contributed by atoms with Crippen molar-refractivity contribution in [3.05, 3.63) is 47.8 Å². The van der Waals surface area contributed by atoms with E-state index in [2.05, 4.69) is 15.6 Å². The van der Waals surface area contributed by atoms with Gasteiger partial charge in [-0.25, -0.2) is 14.8 Å². The van der Waals surface area contributed by atoms with Gasteiger partial charge in [-0.3, -0.25) is 14.4 Å². The van der Waals surface area contributed by atoms with Crippen LogP contribution in [0.2, 0.25) is 0 Å². The summed E-state index contributed by atoms with van der Waals surface area (Å²) in [5, 5.41) is 16.2. The lowest BCUT2D eigenvalue weighted by Crippen LogP contribution is -2.56. The monoisotopic (exact) mass is 604 g/mol. The number of rotatable bonds is 11. The Morgan fingerprint density at radius 2 is 1.82 bits per heavy atom. The smallest absolute Gasteiger partial charge is 0.409 e. The summed E-state index contributed by atoms with van der Waals surface area (Å²) in [6.45, 7) is 4.93. The number of nitrogens with one attached hydrogen (secondary N) is 2. The summed E-state index contributed by atoms with van der Waals surface area (Å²) >= 11 is 0. The Morgan fingerprint density at radius 3 is 2.48 bits per heavy atom. The summed E-state index contributed by atoms with van der Waals surface area (Å²) in [5.41, 5.74) is 0.657. The van der Waals surface area contributed by atoms with Gasteiger partial charge in [0.25, 0.3) is 5.91 Å². The molecular weight excluding hydrogens is 564 g/mol. The molecule has 2 saturated heterocycles. The van der Waals surface area contributed by atoms with E-state index in [-0.39, 0.29) is 23.6 Å². The van der Waals surface area contributed by atoms with Crippen LogP contribution in [0.3, 0.4) is 0 Å². The molecule has 1 aromatic heterocycles. The van der Waals surface area contributed by atoms with E-state index in [1.54, 1.807) is 15.9 Å². The lowest BCUT2D eigenvalue weighted by molar-refractivity contribution is -0.139. The predicted molar refractivity (Wildman–Crippen MR) is 160 cm³/mol. The van der Waals surface area contributed by atoms with Crippen molar-refractivity contribution in [2.45, 2.75) is 50.5 Å². The van der Waals surface area contributed by atoms with Crippen LogP contribution in [0.5, 0.6) is 0 Å². The molecule has 234 valence electrons. The average Bonchev–Trinajstić information content (AvgIpc) is 3.95. The summed E-state index contributed by atoms with van der Waals surface area (Å²) in [6.07, 6.45) is 3.95. The molecule has 1 aromatic carbocycles. The van der Waals surface area contributed by atoms with Gasteiger partial charge in [0, 0.05) is 43.7 Å². The molecule has 44 heavy (non-hydrogen) atoms. The van der Waals surface area contributed by atoms with Gasteiger partial charge in [-0.15, -0.1) is 0 Å². The highest BCUT2D eigenvalue weighted by Gasteiger charge is 2.72. The largest absolute Gasteiger partial charge is 0.481 e. The molecule has 3 unspecified atom stereocenters. The topological polar surface area (TPSA) is 154 Å². The standard InChI is InChI=1S/C32H40N6O6/c1-2-3-15-44-31(43)38-13-11-37(12-14-38)29(40)24(16-20-9-10-20)35-28(39)23-17-25(32-19-33-18-22(32)26(32)30(41)42)36-27(34-23)21-7-5-4-6-8-21/h4-8,17,20,22,24,26,33H,2-3,9-16,18-19H2,1H3,(H,35,39)(H,41,42)/t22?,24-,26?,32?/m0/s1. The molecule has 2 saturated carbocycles. The Balaban J connectivity index is 1.20. The van der Waals surface area contributed by atoms with Crippen LogP contribution >= 0.6 is 0 Å². The minimum atomic E-state index is -0.869. The number of ether oxygens (including phenoxy) is 1. The molecule has 3 N–H and O–H groups in total. The van der Waals surface area contributed by atoms with Gasteiger partial charge in [0.1, 0.15) is 11.7 Å². The second kappa shape index (κ2) is 12.5. The number of hydrogen-bond acceptors (Lipinski definition) is 8. The Hall–Kier alpha value is -4.06. The number of unbranched alkanes of at least 4 members (excludes halogenated alkanes) is 1. The van der Waals surface area contributed by atoms with Crippen LogP contribution in [0, 0.1) is 17.8 Å². The molecule has 0 radical (unpaired) electrons. The zero-order valence-corrected chi connectivity index (χ0v) is 25.0. The van der Waals surface area contributed by atoms with Crippen molar-refractivity contribution < 1.29 is 29.0 Å². The first-order valence-electron chi connectivity index (χ1n) is 15.7. The Morgan fingerprint density at radius 1 is 1.09 bits per heavy atom. The number of piperidine rings is 1. The number of carboxylic acids is 1. The quantitative estimate of drug-likeness (QED) is 0.328. The van der Waals surface area contributed by atoms with E-state index < -0.39 is 29.3 Å². The zero-order chi connectivity index (χ0) is 30.8. The van der Waals surface area contributed by atoms with Crippen LogP contribution in [0.4, 0.5) is 4.79 Å². The number of aromatic nitrogens is 2. The maximum absolute atomic E-state index is 13.8. The first kappa shape index (κ1) is 30.0. The average molecular weight is 605 g/mol. The third-order valence-corrected chi connectivity index (χ3v) is 9.47. The van der Waals surface area contributed by atoms with Crippen molar-refractivity contribution in [2.75, 3.05) is 45.9 Å². The Kier molecular flexibility index (Phi) is 8.53. The van der Waals surface area contributed by atoms with Crippen LogP contribution in [0.15, 0.2) is 36.4 Å². The summed E-state index contributed by atoms with van der Waals surface area (Å²) in [5.74, 6) is -1.51. The molecule has 3 amide bonds. The predicted octanol–water partition coefficient (Wildman–Crippen LogP) is 2.29. The van der Waals surface area contributed by atoms with Gasteiger partial charge in [-0.05, 0) is 37.3 Å². The van der Waals surface area contributed by atoms with E-state index in [0.717, 1.165) is 25.7 Å². The highest BCUT2D eigenvalue weighted by atomic mass is 16.6. The van der Waals surface area contributed by atoms with Crippen molar-refractivity contribution in [2.24, 2.45) is 17.8 Å². The number of hydrogen-bond donors (Lipinski definition) is 3. The maximum Gasteiger partial charge on any atom is 0.409 e. The summed E-state index contributed by atoms with van der Waals surface area (Å²) < 4.78 is 5.32. The van der Waals surface area contributed by atoms with Gasteiger partial charge in [0.2, 0.25) is 5.91 Å². The molecule has 4 atom stereocenters. The normalized spacial score (nSPS) is 24.8. The molecule has 12 heteroatoms. The van der Waals surface area contributed by atoms with Crippen molar-refractivity contribution in [3.63, 3.8) is 0 Å². The number of amides is 3. The van der Waals surface area contributed by atoms with Crippen molar-refractivity contribution in [1.82, 2.24) is 30.4 Å². The number of fused-ring (bicyclic) bond motifs is 1. The third kappa shape index (κ3) is 5.99. The van der Waals surface area contributed by atoms with E-state index in [4.69, 9.17) is 9.72 Å². The molecule has 0 spiro atoms. The van der Waals surface area contributed by atoms with Gasteiger partial charge < -0.3 is 30.3 Å². The van der Waals surface area contributed by atoms with Gasteiger partial charge in [-0.2, -0.15) is 0 Å². The maximum atomic E-state index is 13.8. The minimum Gasteiger partial charge on any atom is -0.481 e. The Labute approximate surface area is 256 Å². The number of aliphatic carboxylic acids is 1. The summed E-state index contributed by atoms with van der Waals surface area (Å²) in [4.78, 5) is 64.7. The molecule has 4 fully saturated rings. The molecular formula is C32H40N6O6. The molecule has 6 rings (SSSR count). The molecule has 3 heterocycles. The fourth-order valence-electron chi connectivity index (χ4n) is 6.71. The molecule has 2 aromatic rings. The molecule has 0 bridgehead atoms. The van der Waals surface area contributed by atoms with Crippen molar-refractivity contribution >= 4 is 23.9 Å². The fourth-order valence-corrected chi connectivity index (χ4v) is 6.71. The van der Waals surface area contributed by atoms with Crippen molar-refractivity contribution in [1.29, 1.82) is 0 Å². The van der Waals surface area contributed by atoms with E-state index >= 15 is 0 Å². The van der Waals surface area contributed by atoms with E-state index in [9.17, 15) is 24.3 Å². The number of carboxylic acid groups (broad SMARTS) is 1. The van der Waals surface area contributed by atoms with Crippen LogP contribution in [0.25, 0.3) is 11.4 Å². The molecule has 2 aliphatic carbocycles. The van der Waals surface area contributed by atoms with Crippen LogP contribution in [-0.4, -0.2) is 101 Å². The zero-order valence-electron chi connectivity index (χ0n) is 25.0. The van der Waals surface area contributed by atoms with E-state index in [1.807, 2.05) is 37.3 Å². The second-order valence-corrected chi connectivity index (χ2v) is 12.4. The Bertz CT molecular complexity index is 1410. The summed E-state index contributed by atoms with van der Waals surface area (Å²) in [7, 11) is 0. The molecule has 2 aliphatic heterocycles. The fraction of sp³-hybridized carbons (Fsp3) is 0.562. The first-order valence-corrected chi connectivity index (χ1v) is 15.7. The van der Waals surface area contributed by atoms with Gasteiger partial charge >= 0.3 is 12.1 Å². The molecule has 4 aliphatic rings. The number of piperazine rings is 1. The van der Waals surface area contributed by atoms with Crippen LogP contribution < -0.4 is 10.6 Å². The number of benzene rings is 1. The lowest BCUT2D eigenvalue weighted by atomic mass is 9.97. The number of carbonyl (C=O) groups is 4. The molecule has 12 nitrogen and oxygen atoms in total. The van der Waals surface area contributed by atoms with Crippen molar-refractivity contribution in [3.8, 4) is 11.4 Å². The highest BCUT2D eigenvalue weighted by molar-refractivity contribution is 5.96. The summed E-state index contributed by atoms with van der Waals surface area (Å²) in [6, 6.07) is 10.2. The number of carbonyl (C=O) groups excluding carboxylic acids is 3.